The molecule has 1 unspecified atom stereocenters. The standard InChI is InChI=1S/C17H27NO3/c19-12-6-1-5-11-18-16-9-2-3-10-17(16)21-14-15-8-4-7-13-20-15/h2-3,9-10,15,18-19H,1,4-8,11-14H2. The van der Waals surface area contributed by atoms with E-state index in [2.05, 4.69) is 5.32 Å². The van der Waals surface area contributed by atoms with Crippen molar-refractivity contribution < 1.29 is 14.6 Å². The Bertz CT molecular complexity index is 391. The lowest BCUT2D eigenvalue weighted by Crippen LogP contribution is -2.26. The van der Waals surface area contributed by atoms with Crippen LogP contribution in [0.4, 0.5) is 5.69 Å². The van der Waals surface area contributed by atoms with E-state index in [1.807, 2.05) is 24.3 Å². The SMILES string of the molecule is OCCCCCNc1ccccc1OCC1CCCCO1. The molecule has 1 heterocycles. The second-order valence-electron chi connectivity index (χ2n) is 5.51. The summed E-state index contributed by atoms with van der Waals surface area (Å²) in [5.41, 5.74) is 1.04. The first kappa shape index (κ1) is 16.1. The number of nitrogens with one attached hydrogen (secondary N) is 1. The summed E-state index contributed by atoms with van der Waals surface area (Å²) >= 11 is 0. The molecule has 0 amide bonds. The number of benzene rings is 1. The van der Waals surface area contributed by atoms with Crippen LogP contribution in [-0.2, 0) is 4.74 Å². The third-order valence-corrected chi connectivity index (χ3v) is 3.74. The van der Waals surface area contributed by atoms with Gasteiger partial charge < -0.3 is 19.9 Å². The summed E-state index contributed by atoms with van der Waals surface area (Å²) in [7, 11) is 0. The van der Waals surface area contributed by atoms with Gasteiger partial charge in [-0.3, -0.25) is 0 Å². The first-order chi connectivity index (χ1) is 10.4. The molecule has 1 aliphatic heterocycles. The highest BCUT2D eigenvalue weighted by Gasteiger charge is 2.15. The molecule has 2 N–H and O–H groups in total. The number of anilines is 1. The number of hydrogen-bond acceptors (Lipinski definition) is 4. The summed E-state index contributed by atoms with van der Waals surface area (Å²) in [4.78, 5) is 0. The third-order valence-electron chi connectivity index (χ3n) is 3.74. The van der Waals surface area contributed by atoms with Crippen LogP contribution in [0.15, 0.2) is 24.3 Å². The average Bonchev–Trinajstić information content (AvgIpc) is 2.55. The summed E-state index contributed by atoms with van der Waals surface area (Å²) in [6.45, 7) is 2.67. The van der Waals surface area contributed by atoms with Crippen molar-refractivity contribution in [3.63, 3.8) is 0 Å². The molecule has 0 spiro atoms. The number of hydrogen-bond donors (Lipinski definition) is 2. The highest BCUT2D eigenvalue weighted by atomic mass is 16.5. The molecular weight excluding hydrogens is 266 g/mol. The molecule has 0 radical (unpaired) electrons. The molecule has 0 aromatic heterocycles. The molecule has 1 atom stereocenters. The van der Waals surface area contributed by atoms with E-state index in [4.69, 9.17) is 14.6 Å². The molecule has 2 rings (SSSR count). The predicted molar refractivity (Wildman–Crippen MR) is 85.0 cm³/mol. The normalized spacial score (nSPS) is 18.4. The predicted octanol–water partition coefficient (Wildman–Crippen LogP) is 3.21. The van der Waals surface area contributed by atoms with E-state index in [0.717, 1.165) is 50.3 Å². The van der Waals surface area contributed by atoms with Crippen molar-refractivity contribution >= 4 is 5.69 Å². The minimum Gasteiger partial charge on any atom is -0.489 e. The number of ether oxygens (including phenoxy) is 2. The molecule has 4 heteroatoms. The summed E-state index contributed by atoms with van der Waals surface area (Å²) < 4.78 is 11.6. The van der Waals surface area contributed by atoms with Crippen molar-refractivity contribution in [2.45, 2.75) is 44.6 Å². The van der Waals surface area contributed by atoms with Crippen LogP contribution in [0.3, 0.4) is 0 Å². The Balaban J connectivity index is 1.76. The average molecular weight is 293 g/mol. The molecule has 0 saturated carbocycles. The van der Waals surface area contributed by atoms with Crippen molar-refractivity contribution in [1.29, 1.82) is 0 Å². The number of unbranched alkanes of at least 4 members (excludes halogenated alkanes) is 2. The van der Waals surface area contributed by atoms with E-state index in [0.29, 0.717) is 6.61 Å². The van der Waals surface area contributed by atoms with E-state index in [1.54, 1.807) is 0 Å². The maximum atomic E-state index is 8.77. The van der Waals surface area contributed by atoms with Gasteiger partial charge in [0.2, 0.25) is 0 Å². The first-order valence-corrected chi connectivity index (χ1v) is 8.08. The van der Waals surface area contributed by atoms with Crippen molar-refractivity contribution in [2.24, 2.45) is 0 Å². The smallest absolute Gasteiger partial charge is 0.142 e. The molecule has 4 nitrogen and oxygen atoms in total. The summed E-state index contributed by atoms with van der Waals surface area (Å²) in [6, 6.07) is 8.05. The van der Waals surface area contributed by atoms with Gasteiger partial charge in [0.15, 0.2) is 0 Å². The molecule has 1 saturated heterocycles. The van der Waals surface area contributed by atoms with Crippen LogP contribution in [0, 0.1) is 0 Å². The quantitative estimate of drug-likeness (QED) is 0.686. The molecule has 1 fully saturated rings. The Labute approximate surface area is 127 Å². The second-order valence-corrected chi connectivity index (χ2v) is 5.51. The van der Waals surface area contributed by atoms with Crippen LogP contribution in [0.1, 0.15) is 38.5 Å². The van der Waals surface area contributed by atoms with Crippen LogP contribution < -0.4 is 10.1 Å². The highest BCUT2D eigenvalue weighted by molar-refractivity contribution is 5.56. The fourth-order valence-electron chi connectivity index (χ4n) is 2.50. The molecule has 0 bridgehead atoms. The maximum Gasteiger partial charge on any atom is 0.142 e. The molecule has 1 aromatic rings. The summed E-state index contributed by atoms with van der Waals surface area (Å²) in [5, 5.41) is 12.2. The molecule has 118 valence electrons. The van der Waals surface area contributed by atoms with Gasteiger partial charge in [-0.1, -0.05) is 12.1 Å². The maximum absolute atomic E-state index is 8.77. The van der Waals surface area contributed by atoms with E-state index < -0.39 is 0 Å². The van der Waals surface area contributed by atoms with Gasteiger partial charge in [-0.15, -0.1) is 0 Å². The lowest BCUT2D eigenvalue weighted by molar-refractivity contribution is -0.0109. The van der Waals surface area contributed by atoms with E-state index >= 15 is 0 Å². The van der Waals surface area contributed by atoms with Crippen molar-refractivity contribution in [1.82, 2.24) is 0 Å². The lowest BCUT2D eigenvalue weighted by Gasteiger charge is -2.23. The zero-order chi connectivity index (χ0) is 14.8. The van der Waals surface area contributed by atoms with Gasteiger partial charge >= 0.3 is 0 Å². The lowest BCUT2D eigenvalue weighted by atomic mass is 10.1. The zero-order valence-electron chi connectivity index (χ0n) is 12.7. The van der Waals surface area contributed by atoms with Gasteiger partial charge in [-0.05, 0) is 50.7 Å². The fraction of sp³-hybridized carbons (Fsp3) is 0.647. The van der Waals surface area contributed by atoms with Gasteiger partial charge in [-0.25, -0.2) is 0 Å². The van der Waals surface area contributed by atoms with E-state index in [1.165, 1.54) is 12.8 Å². The summed E-state index contributed by atoms with van der Waals surface area (Å²) in [6.07, 6.45) is 6.70. The van der Waals surface area contributed by atoms with Crippen LogP contribution in [-0.4, -0.2) is 37.6 Å². The van der Waals surface area contributed by atoms with Gasteiger partial charge in [0, 0.05) is 19.8 Å². The van der Waals surface area contributed by atoms with Gasteiger partial charge in [0.25, 0.3) is 0 Å². The number of para-hydroxylation sites is 2. The second kappa shape index (κ2) is 9.64. The molecule has 0 aliphatic carbocycles. The van der Waals surface area contributed by atoms with Crippen LogP contribution in [0.5, 0.6) is 5.75 Å². The highest BCUT2D eigenvalue weighted by Crippen LogP contribution is 2.25. The van der Waals surface area contributed by atoms with Crippen LogP contribution in [0.2, 0.25) is 0 Å². The Morgan fingerprint density at radius 2 is 2.10 bits per heavy atom. The number of rotatable bonds is 9. The number of aliphatic hydroxyl groups excluding tert-OH is 1. The Morgan fingerprint density at radius 1 is 1.19 bits per heavy atom. The largest absolute Gasteiger partial charge is 0.489 e. The van der Waals surface area contributed by atoms with Crippen molar-refractivity contribution in [3.8, 4) is 5.75 Å². The zero-order valence-corrected chi connectivity index (χ0v) is 12.7. The molecule has 1 aliphatic rings. The first-order valence-electron chi connectivity index (χ1n) is 8.08. The molecule has 1 aromatic carbocycles. The fourth-order valence-corrected chi connectivity index (χ4v) is 2.50. The van der Waals surface area contributed by atoms with E-state index in [9.17, 15) is 0 Å². The third kappa shape index (κ3) is 5.94. The minimum atomic E-state index is 0.233. The topological polar surface area (TPSA) is 50.7 Å². The monoisotopic (exact) mass is 293 g/mol. The molecule has 21 heavy (non-hydrogen) atoms. The van der Waals surface area contributed by atoms with Crippen molar-refractivity contribution in [2.75, 3.05) is 31.7 Å². The molecular formula is C17H27NO3. The van der Waals surface area contributed by atoms with Crippen LogP contribution >= 0.6 is 0 Å². The minimum absolute atomic E-state index is 0.233. The summed E-state index contributed by atoms with van der Waals surface area (Å²) in [5.74, 6) is 0.897. The number of aliphatic hydroxyl groups is 1. The van der Waals surface area contributed by atoms with Gasteiger partial charge in [0.05, 0.1) is 11.8 Å². The van der Waals surface area contributed by atoms with Crippen molar-refractivity contribution in [3.05, 3.63) is 24.3 Å². The Hall–Kier alpha value is -1.26. The Kier molecular flexibility index (Phi) is 7.39. The van der Waals surface area contributed by atoms with Gasteiger partial charge in [-0.2, -0.15) is 0 Å². The van der Waals surface area contributed by atoms with E-state index in [-0.39, 0.29) is 12.7 Å². The van der Waals surface area contributed by atoms with Crippen LogP contribution in [0.25, 0.3) is 0 Å². The Morgan fingerprint density at radius 3 is 2.90 bits per heavy atom. The van der Waals surface area contributed by atoms with Gasteiger partial charge in [0.1, 0.15) is 12.4 Å².